The first-order valence-electron chi connectivity index (χ1n) is 6.58. The normalized spacial score (nSPS) is 19.8. The van der Waals surface area contributed by atoms with Gasteiger partial charge >= 0.3 is 0 Å². The Hall–Kier alpha value is -0.200. The van der Waals surface area contributed by atoms with E-state index in [9.17, 15) is 0 Å². The third kappa shape index (κ3) is 5.79. The molecule has 1 rings (SSSR count). The molecule has 1 aliphatic heterocycles. The lowest BCUT2D eigenvalue weighted by molar-refractivity contribution is -0.142. The van der Waals surface area contributed by atoms with E-state index >= 15 is 0 Å². The van der Waals surface area contributed by atoms with Crippen molar-refractivity contribution in [2.45, 2.75) is 39.1 Å². The minimum atomic E-state index is -0.114. The summed E-state index contributed by atoms with van der Waals surface area (Å²) < 4.78 is 16.3. The molecule has 0 aromatic rings. The van der Waals surface area contributed by atoms with E-state index in [4.69, 9.17) is 19.9 Å². The summed E-state index contributed by atoms with van der Waals surface area (Å²) >= 11 is 0. The molecule has 0 spiro atoms. The Balaban J connectivity index is 2.21. The van der Waals surface area contributed by atoms with Crippen molar-refractivity contribution in [1.82, 2.24) is 4.90 Å². The van der Waals surface area contributed by atoms with Gasteiger partial charge in [0.1, 0.15) is 0 Å². The molecule has 1 atom stereocenters. The Morgan fingerprint density at radius 1 is 1.12 bits per heavy atom. The quantitative estimate of drug-likeness (QED) is 0.641. The Labute approximate surface area is 104 Å². The summed E-state index contributed by atoms with van der Waals surface area (Å²) in [7, 11) is 0. The van der Waals surface area contributed by atoms with Crippen molar-refractivity contribution in [1.29, 1.82) is 0 Å². The van der Waals surface area contributed by atoms with E-state index in [-0.39, 0.29) is 12.5 Å². The van der Waals surface area contributed by atoms with Crippen LogP contribution >= 0.6 is 0 Å². The first-order chi connectivity index (χ1) is 8.27. The lowest BCUT2D eigenvalue weighted by Crippen LogP contribution is -2.48. The molecule has 102 valence electrons. The molecule has 1 aliphatic rings. The standard InChI is InChI=1S/C12H26N2O3/c1-3-16-12(17-4-2)6-5-11(13)14-7-9-15-10-8-14/h11-12H,3-10,13H2,1-2H3. The summed E-state index contributed by atoms with van der Waals surface area (Å²) in [6, 6.07) is 0. The average Bonchev–Trinajstić information content (AvgIpc) is 2.37. The molecule has 0 aromatic heterocycles. The van der Waals surface area contributed by atoms with Crippen LogP contribution in [0, 0.1) is 0 Å². The molecule has 0 saturated carbocycles. The molecule has 17 heavy (non-hydrogen) atoms. The van der Waals surface area contributed by atoms with Crippen molar-refractivity contribution >= 4 is 0 Å². The summed E-state index contributed by atoms with van der Waals surface area (Å²) in [6.07, 6.45) is 1.71. The van der Waals surface area contributed by atoms with Gasteiger partial charge in [0, 0.05) is 32.7 Å². The van der Waals surface area contributed by atoms with Gasteiger partial charge in [-0.1, -0.05) is 0 Å². The van der Waals surface area contributed by atoms with Crippen LogP contribution in [0.2, 0.25) is 0 Å². The lowest BCUT2D eigenvalue weighted by atomic mass is 10.2. The van der Waals surface area contributed by atoms with Crippen molar-refractivity contribution in [3.8, 4) is 0 Å². The predicted molar refractivity (Wildman–Crippen MR) is 66.6 cm³/mol. The van der Waals surface area contributed by atoms with Gasteiger partial charge in [0.15, 0.2) is 6.29 Å². The van der Waals surface area contributed by atoms with Gasteiger partial charge in [-0.3, -0.25) is 4.90 Å². The Kier molecular flexibility index (Phi) is 7.72. The summed E-state index contributed by atoms with van der Waals surface area (Å²) in [4.78, 5) is 2.26. The van der Waals surface area contributed by atoms with Crippen LogP contribution in [0.15, 0.2) is 0 Å². The van der Waals surface area contributed by atoms with E-state index in [0.29, 0.717) is 13.2 Å². The monoisotopic (exact) mass is 246 g/mol. The minimum Gasteiger partial charge on any atom is -0.379 e. The van der Waals surface area contributed by atoms with E-state index in [2.05, 4.69) is 4.90 Å². The largest absolute Gasteiger partial charge is 0.379 e. The van der Waals surface area contributed by atoms with Crippen LogP contribution in [-0.4, -0.2) is 56.9 Å². The molecule has 1 heterocycles. The van der Waals surface area contributed by atoms with Crippen LogP contribution < -0.4 is 5.73 Å². The molecule has 5 heteroatoms. The highest BCUT2D eigenvalue weighted by atomic mass is 16.7. The summed E-state index contributed by atoms with van der Waals surface area (Å²) in [5, 5.41) is 0. The molecule has 1 saturated heterocycles. The Morgan fingerprint density at radius 2 is 1.71 bits per heavy atom. The van der Waals surface area contributed by atoms with Crippen molar-refractivity contribution < 1.29 is 14.2 Å². The number of morpholine rings is 1. The van der Waals surface area contributed by atoms with Crippen LogP contribution in [-0.2, 0) is 14.2 Å². The number of rotatable bonds is 8. The maximum Gasteiger partial charge on any atom is 0.157 e. The topological polar surface area (TPSA) is 57.0 Å². The van der Waals surface area contributed by atoms with Gasteiger partial charge in [-0.05, 0) is 20.3 Å². The highest BCUT2D eigenvalue weighted by Gasteiger charge is 2.19. The first-order valence-corrected chi connectivity index (χ1v) is 6.58. The predicted octanol–water partition coefficient (Wildman–Crippen LogP) is 0.783. The van der Waals surface area contributed by atoms with Crippen LogP contribution in [0.1, 0.15) is 26.7 Å². The third-order valence-electron chi connectivity index (χ3n) is 2.92. The van der Waals surface area contributed by atoms with Gasteiger partial charge in [-0.15, -0.1) is 0 Å². The van der Waals surface area contributed by atoms with E-state index in [1.165, 1.54) is 0 Å². The van der Waals surface area contributed by atoms with Crippen molar-refractivity contribution in [3.05, 3.63) is 0 Å². The average molecular weight is 246 g/mol. The molecular formula is C12H26N2O3. The van der Waals surface area contributed by atoms with Crippen LogP contribution in [0.4, 0.5) is 0 Å². The second-order valence-corrected chi connectivity index (χ2v) is 4.13. The summed E-state index contributed by atoms with van der Waals surface area (Å²) in [5.74, 6) is 0. The molecule has 2 N–H and O–H groups in total. The van der Waals surface area contributed by atoms with E-state index in [1.54, 1.807) is 0 Å². The van der Waals surface area contributed by atoms with Gasteiger partial charge < -0.3 is 19.9 Å². The number of ether oxygens (including phenoxy) is 3. The van der Waals surface area contributed by atoms with Gasteiger partial charge in [-0.2, -0.15) is 0 Å². The Bertz CT molecular complexity index is 181. The second-order valence-electron chi connectivity index (χ2n) is 4.13. The zero-order chi connectivity index (χ0) is 12.5. The molecule has 1 unspecified atom stereocenters. The number of hydrogen-bond acceptors (Lipinski definition) is 5. The molecule has 0 amide bonds. The van der Waals surface area contributed by atoms with Gasteiger partial charge in [-0.25, -0.2) is 0 Å². The fourth-order valence-electron chi connectivity index (χ4n) is 1.99. The lowest BCUT2D eigenvalue weighted by Gasteiger charge is -2.32. The van der Waals surface area contributed by atoms with E-state index in [0.717, 1.165) is 39.1 Å². The molecule has 0 radical (unpaired) electrons. The SMILES string of the molecule is CCOC(CCC(N)N1CCOCC1)OCC. The number of nitrogens with zero attached hydrogens (tertiary/aromatic N) is 1. The smallest absolute Gasteiger partial charge is 0.157 e. The first kappa shape index (κ1) is 14.9. The third-order valence-corrected chi connectivity index (χ3v) is 2.92. The van der Waals surface area contributed by atoms with Crippen LogP contribution in [0.5, 0.6) is 0 Å². The van der Waals surface area contributed by atoms with E-state index < -0.39 is 0 Å². The number of hydrogen-bond donors (Lipinski definition) is 1. The van der Waals surface area contributed by atoms with Crippen molar-refractivity contribution in [2.24, 2.45) is 5.73 Å². The zero-order valence-corrected chi connectivity index (χ0v) is 11.1. The molecular weight excluding hydrogens is 220 g/mol. The minimum absolute atomic E-state index is 0.0855. The van der Waals surface area contributed by atoms with Crippen molar-refractivity contribution in [3.63, 3.8) is 0 Å². The molecule has 5 nitrogen and oxygen atoms in total. The Morgan fingerprint density at radius 3 is 2.24 bits per heavy atom. The maximum atomic E-state index is 6.15. The fraction of sp³-hybridized carbons (Fsp3) is 1.00. The highest BCUT2D eigenvalue weighted by molar-refractivity contribution is 4.69. The summed E-state index contributed by atoms with van der Waals surface area (Å²) in [6.45, 7) is 8.74. The number of nitrogens with two attached hydrogens (primary N) is 1. The zero-order valence-electron chi connectivity index (χ0n) is 11.1. The summed E-state index contributed by atoms with van der Waals surface area (Å²) in [5.41, 5.74) is 6.15. The van der Waals surface area contributed by atoms with Gasteiger partial charge in [0.25, 0.3) is 0 Å². The fourth-order valence-corrected chi connectivity index (χ4v) is 1.99. The molecule has 1 fully saturated rings. The van der Waals surface area contributed by atoms with E-state index in [1.807, 2.05) is 13.8 Å². The van der Waals surface area contributed by atoms with Gasteiger partial charge in [0.05, 0.1) is 19.4 Å². The maximum absolute atomic E-state index is 6.15. The van der Waals surface area contributed by atoms with Crippen LogP contribution in [0.3, 0.4) is 0 Å². The van der Waals surface area contributed by atoms with Gasteiger partial charge in [0.2, 0.25) is 0 Å². The molecule has 0 aromatic carbocycles. The van der Waals surface area contributed by atoms with Crippen LogP contribution in [0.25, 0.3) is 0 Å². The highest BCUT2D eigenvalue weighted by Crippen LogP contribution is 2.10. The molecule has 0 bridgehead atoms. The van der Waals surface area contributed by atoms with Crippen molar-refractivity contribution in [2.75, 3.05) is 39.5 Å². The second kappa shape index (κ2) is 8.83. The molecule has 0 aliphatic carbocycles.